The van der Waals surface area contributed by atoms with E-state index in [1.165, 1.54) is 17.0 Å². The Labute approximate surface area is 153 Å². The van der Waals surface area contributed by atoms with Crippen molar-refractivity contribution in [3.63, 3.8) is 0 Å². The molecule has 1 saturated heterocycles. The largest absolute Gasteiger partial charge is 0.416 e. The minimum atomic E-state index is -4.43. The Morgan fingerprint density at radius 3 is 2.46 bits per heavy atom. The number of hydrogen-bond acceptors (Lipinski definition) is 3. The second-order valence-corrected chi connectivity index (χ2v) is 6.84. The third-order valence-electron chi connectivity index (χ3n) is 3.78. The van der Waals surface area contributed by atoms with E-state index in [2.05, 4.69) is 4.99 Å². The van der Waals surface area contributed by atoms with Crippen LogP contribution in [-0.4, -0.2) is 23.0 Å². The number of hydrogen-bond donors (Lipinski definition) is 0. The van der Waals surface area contributed by atoms with Crippen LogP contribution in [0.4, 0.5) is 18.9 Å². The van der Waals surface area contributed by atoms with Crippen LogP contribution in [0.1, 0.15) is 16.7 Å². The van der Waals surface area contributed by atoms with E-state index < -0.39 is 11.7 Å². The van der Waals surface area contributed by atoms with Crippen LogP contribution in [0.3, 0.4) is 0 Å². The number of nitrogens with zero attached hydrogens (tertiary/aromatic N) is 2. The number of carbonyl (C=O) groups is 1. The number of likely N-dealkylation sites (N-methyl/N-ethyl adjacent to an activating group) is 1. The van der Waals surface area contributed by atoms with Gasteiger partial charge in [-0.05, 0) is 48.5 Å². The first-order valence-corrected chi connectivity index (χ1v) is 8.56. The summed E-state index contributed by atoms with van der Waals surface area (Å²) in [7, 11) is 1.55. The number of amides is 1. The van der Waals surface area contributed by atoms with Gasteiger partial charge >= 0.3 is 6.18 Å². The van der Waals surface area contributed by atoms with Crippen LogP contribution in [0.25, 0.3) is 6.08 Å². The molecule has 0 atom stereocenters. The van der Waals surface area contributed by atoms with Crippen molar-refractivity contribution in [3.05, 3.63) is 70.1 Å². The van der Waals surface area contributed by atoms with E-state index in [0.717, 1.165) is 35.0 Å². The van der Waals surface area contributed by atoms with E-state index in [4.69, 9.17) is 0 Å². The predicted octanol–water partition coefficient (Wildman–Crippen LogP) is 5.25. The molecule has 0 spiro atoms. The SMILES string of the molecule is Cc1ccc(C=C2SC(=Nc3cccc(C(F)(F)F)c3)N(C)C2=O)cc1. The molecule has 0 bridgehead atoms. The van der Waals surface area contributed by atoms with Gasteiger partial charge in [-0.15, -0.1) is 0 Å². The molecule has 3 rings (SSSR count). The molecule has 3 nitrogen and oxygen atoms in total. The zero-order valence-electron chi connectivity index (χ0n) is 14.0. The van der Waals surface area contributed by atoms with Crippen LogP contribution >= 0.6 is 11.8 Å². The maximum atomic E-state index is 12.8. The average Bonchev–Trinajstić information content (AvgIpc) is 2.84. The molecule has 134 valence electrons. The molecule has 0 N–H and O–H groups in total. The van der Waals surface area contributed by atoms with E-state index in [0.29, 0.717) is 10.1 Å². The van der Waals surface area contributed by atoms with Crippen molar-refractivity contribution in [1.82, 2.24) is 4.90 Å². The summed E-state index contributed by atoms with van der Waals surface area (Å²) in [5.74, 6) is -0.235. The fraction of sp³-hybridized carbons (Fsp3) is 0.158. The number of carbonyl (C=O) groups excluding carboxylic acids is 1. The van der Waals surface area contributed by atoms with Crippen molar-refractivity contribution in [2.24, 2.45) is 4.99 Å². The van der Waals surface area contributed by atoms with Gasteiger partial charge in [0.25, 0.3) is 5.91 Å². The zero-order valence-corrected chi connectivity index (χ0v) is 14.9. The highest BCUT2D eigenvalue weighted by Crippen LogP contribution is 2.35. The van der Waals surface area contributed by atoms with Crippen molar-refractivity contribution < 1.29 is 18.0 Å². The normalized spacial score (nSPS) is 18.2. The first-order valence-electron chi connectivity index (χ1n) is 7.74. The third-order valence-corrected chi connectivity index (χ3v) is 4.84. The van der Waals surface area contributed by atoms with Gasteiger partial charge in [-0.1, -0.05) is 35.9 Å². The Kier molecular flexibility index (Phi) is 4.91. The van der Waals surface area contributed by atoms with Crippen molar-refractivity contribution in [1.29, 1.82) is 0 Å². The zero-order chi connectivity index (χ0) is 18.9. The number of thioether (sulfide) groups is 1. The van der Waals surface area contributed by atoms with Gasteiger partial charge in [0.2, 0.25) is 0 Å². The molecule has 0 radical (unpaired) electrons. The number of alkyl halides is 3. The third kappa shape index (κ3) is 3.99. The second-order valence-electron chi connectivity index (χ2n) is 5.83. The predicted molar refractivity (Wildman–Crippen MR) is 98.1 cm³/mol. The molecule has 7 heteroatoms. The number of halogens is 3. The summed E-state index contributed by atoms with van der Waals surface area (Å²) in [6.45, 7) is 1.97. The highest BCUT2D eigenvalue weighted by molar-refractivity contribution is 8.18. The van der Waals surface area contributed by atoms with Crippen LogP contribution in [0.2, 0.25) is 0 Å². The fourth-order valence-corrected chi connectivity index (χ4v) is 3.31. The maximum absolute atomic E-state index is 12.8. The van der Waals surface area contributed by atoms with Gasteiger partial charge in [0, 0.05) is 7.05 Å². The summed E-state index contributed by atoms with van der Waals surface area (Å²) in [4.78, 5) is 18.4. The second kappa shape index (κ2) is 6.99. The van der Waals surface area contributed by atoms with Crippen LogP contribution in [0.15, 0.2) is 58.4 Å². The van der Waals surface area contributed by atoms with Crippen molar-refractivity contribution >= 4 is 34.6 Å². The molecule has 0 aromatic heterocycles. The standard InChI is InChI=1S/C19H15F3N2OS/c1-12-6-8-13(9-7-12)10-16-17(25)24(2)18(26-16)23-15-5-3-4-14(11-15)19(20,21)22/h3-11H,1-2H3. The Balaban J connectivity index is 1.89. The van der Waals surface area contributed by atoms with E-state index in [1.54, 1.807) is 13.1 Å². The summed E-state index contributed by atoms with van der Waals surface area (Å²) >= 11 is 1.14. The maximum Gasteiger partial charge on any atom is 0.416 e. The number of rotatable bonds is 2. The number of aliphatic imine (C=N–C) groups is 1. The van der Waals surface area contributed by atoms with Gasteiger partial charge in [0.1, 0.15) is 0 Å². The Hall–Kier alpha value is -2.54. The first kappa shape index (κ1) is 18.3. The molecule has 0 unspecified atom stereocenters. The van der Waals surface area contributed by atoms with Gasteiger partial charge in [0.15, 0.2) is 5.17 Å². The van der Waals surface area contributed by atoms with E-state index in [1.807, 2.05) is 31.2 Å². The van der Waals surface area contributed by atoms with Crippen molar-refractivity contribution in [2.45, 2.75) is 13.1 Å². The summed E-state index contributed by atoms with van der Waals surface area (Å²) in [5, 5.41) is 0.340. The highest BCUT2D eigenvalue weighted by Gasteiger charge is 2.32. The minimum absolute atomic E-state index is 0.151. The molecule has 1 amide bonds. The quantitative estimate of drug-likeness (QED) is 0.671. The number of amidine groups is 1. The molecule has 2 aromatic carbocycles. The summed E-state index contributed by atoms with van der Waals surface area (Å²) < 4.78 is 38.5. The lowest BCUT2D eigenvalue weighted by Crippen LogP contribution is -2.23. The van der Waals surface area contributed by atoms with Gasteiger partial charge in [-0.3, -0.25) is 9.69 Å². The lowest BCUT2D eigenvalue weighted by molar-refractivity contribution is -0.137. The van der Waals surface area contributed by atoms with E-state index >= 15 is 0 Å². The van der Waals surface area contributed by atoms with E-state index in [-0.39, 0.29) is 11.6 Å². The summed E-state index contributed by atoms with van der Waals surface area (Å²) in [6, 6.07) is 12.4. The topological polar surface area (TPSA) is 32.7 Å². The molecule has 1 aliphatic rings. The molecule has 26 heavy (non-hydrogen) atoms. The molecule has 1 heterocycles. The number of aryl methyl sites for hydroxylation is 1. The Morgan fingerprint density at radius 1 is 1.12 bits per heavy atom. The van der Waals surface area contributed by atoms with Gasteiger partial charge in [-0.2, -0.15) is 13.2 Å². The monoisotopic (exact) mass is 376 g/mol. The van der Waals surface area contributed by atoms with Crippen LogP contribution in [0.5, 0.6) is 0 Å². The Bertz CT molecular complexity index is 902. The molecular weight excluding hydrogens is 361 g/mol. The highest BCUT2D eigenvalue weighted by atomic mass is 32.2. The van der Waals surface area contributed by atoms with Crippen LogP contribution in [-0.2, 0) is 11.0 Å². The molecule has 1 fully saturated rings. The lowest BCUT2D eigenvalue weighted by Gasteiger charge is -2.09. The summed E-state index contributed by atoms with van der Waals surface area (Å²) in [5.41, 5.74) is 1.37. The molecular formula is C19H15F3N2OS. The van der Waals surface area contributed by atoms with Crippen molar-refractivity contribution in [2.75, 3.05) is 7.05 Å². The average molecular weight is 376 g/mol. The lowest BCUT2D eigenvalue weighted by atomic mass is 10.1. The summed E-state index contributed by atoms with van der Waals surface area (Å²) in [6.07, 6.45) is -2.69. The van der Waals surface area contributed by atoms with E-state index in [9.17, 15) is 18.0 Å². The molecule has 1 aliphatic heterocycles. The minimum Gasteiger partial charge on any atom is -0.290 e. The molecule has 2 aromatic rings. The van der Waals surface area contributed by atoms with Gasteiger partial charge in [0.05, 0.1) is 16.2 Å². The van der Waals surface area contributed by atoms with Gasteiger partial charge < -0.3 is 0 Å². The number of benzene rings is 2. The van der Waals surface area contributed by atoms with Crippen LogP contribution in [0, 0.1) is 6.92 Å². The first-order chi connectivity index (χ1) is 12.2. The molecule has 0 aliphatic carbocycles. The fourth-order valence-electron chi connectivity index (χ4n) is 2.33. The Morgan fingerprint density at radius 2 is 1.81 bits per heavy atom. The van der Waals surface area contributed by atoms with Crippen LogP contribution < -0.4 is 0 Å². The molecule has 0 saturated carbocycles. The smallest absolute Gasteiger partial charge is 0.290 e. The van der Waals surface area contributed by atoms with Crippen molar-refractivity contribution in [3.8, 4) is 0 Å². The van der Waals surface area contributed by atoms with Gasteiger partial charge in [-0.25, -0.2) is 4.99 Å².